The van der Waals surface area contributed by atoms with Gasteiger partial charge in [0.2, 0.25) is 0 Å². The van der Waals surface area contributed by atoms with Gasteiger partial charge in [0.15, 0.2) is 0 Å². The van der Waals surface area contributed by atoms with Gasteiger partial charge in [0.05, 0.1) is 12.3 Å². The van der Waals surface area contributed by atoms with Crippen LogP contribution in [0, 0.1) is 6.92 Å². The maximum atomic E-state index is 12.7. The zero-order valence-electron chi connectivity index (χ0n) is 15.9. The molecule has 144 valence electrons. The summed E-state index contributed by atoms with van der Waals surface area (Å²) in [5.41, 5.74) is 3.14. The monoisotopic (exact) mass is 367 g/mol. The van der Waals surface area contributed by atoms with E-state index in [9.17, 15) is 18.3 Å². The summed E-state index contributed by atoms with van der Waals surface area (Å²) in [6.45, 7) is 9.43. The third-order valence-electron chi connectivity index (χ3n) is 4.03. The van der Waals surface area contributed by atoms with Gasteiger partial charge < -0.3 is 5.11 Å². The molecule has 2 nitrogen and oxygen atoms in total. The Bertz CT molecular complexity index is 666. The summed E-state index contributed by atoms with van der Waals surface area (Å²) in [6.07, 6.45) is -3.38. The van der Waals surface area contributed by atoms with Crippen LogP contribution in [-0.4, -0.2) is 23.3 Å². The molecule has 5 heteroatoms. The van der Waals surface area contributed by atoms with Gasteiger partial charge in [0, 0.05) is 13.1 Å². The van der Waals surface area contributed by atoms with Crippen LogP contribution in [0.15, 0.2) is 42.5 Å². The Kier molecular flexibility index (Phi) is 8.82. The number of aryl methyl sites for hydroxylation is 1. The second-order valence-electron chi connectivity index (χ2n) is 5.91. The second kappa shape index (κ2) is 10.3. The van der Waals surface area contributed by atoms with Crippen LogP contribution in [0.3, 0.4) is 0 Å². The van der Waals surface area contributed by atoms with Gasteiger partial charge in [0.1, 0.15) is 0 Å². The molecule has 0 amide bonds. The number of nitrogens with zero attached hydrogens (tertiary/aromatic N) is 1. The molecule has 2 rings (SSSR count). The lowest BCUT2D eigenvalue weighted by molar-refractivity contribution is -0.137. The molecule has 0 bridgehead atoms. The van der Waals surface area contributed by atoms with Crippen molar-refractivity contribution in [2.75, 3.05) is 13.3 Å². The molecule has 0 radical (unpaired) electrons. The van der Waals surface area contributed by atoms with Crippen LogP contribution in [0.1, 0.15) is 43.9 Å². The smallest absolute Gasteiger partial charge is 0.381 e. The third-order valence-corrected chi connectivity index (χ3v) is 4.03. The molecule has 26 heavy (non-hydrogen) atoms. The lowest BCUT2D eigenvalue weighted by Gasteiger charge is -2.20. The van der Waals surface area contributed by atoms with Gasteiger partial charge in [0.25, 0.3) is 0 Å². The number of aliphatic hydroxyl groups excluding tert-OH is 1. The van der Waals surface area contributed by atoms with Crippen LogP contribution in [0.5, 0.6) is 0 Å². The van der Waals surface area contributed by atoms with Crippen LogP contribution in [-0.2, 0) is 12.7 Å². The summed E-state index contributed by atoms with van der Waals surface area (Å²) >= 11 is 0. The molecule has 2 aromatic rings. The molecule has 0 atom stereocenters. The van der Waals surface area contributed by atoms with Crippen molar-refractivity contribution in [2.45, 2.75) is 46.8 Å². The number of benzene rings is 2. The molecule has 0 aliphatic carbocycles. The fraction of sp³-hybridized carbons (Fsp3) is 0.429. The number of aliphatic hydroxyl groups is 1. The molecule has 0 unspecified atom stereocenters. The predicted molar refractivity (Wildman–Crippen MR) is 101 cm³/mol. The Morgan fingerprint density at radius 2 is 1.54 bits per heavy atom. The van der Waals surface area contributed by atoms with E-state index >= 15 is 0 Å². The summed E-state index contributed by atoms with van der Waals surface area (Å²) in [4.78, 5) is 1.93. The lowest BCUT2D eigenvalue weighted by Crippen LogP contribution is -2.25. The average molecular weight is 367 g/mol. The van der Waals surface area contributed by atoms with Crippen molar-refractivity contribution in [1.82, 2.24) is 4.90 Å². The first-order chi connectivity index (χ1) is 12.3. The highest BCUT2D eigenvalue weighted by molar-refractivity contribution is 5.65. The normalized spacial score (nSPS) is 11.3. The van der Waals surface area contributed by atoms with Crippen molar-refractivity contribution >= 4 is 0 Å². The van der Waals surface area contributed by atoms with Crippen molar-refractivity contribution in [3.05, 3.63) is 59.2 Å². The van der Waals surface area contributed by atoms with Crippen molar-refractivity contribution in [3.63, 3.8) is 0 Å². The Morgan fingerprint density at radius 1 is 0.962 bits per heavy atom. The second-order valence-corrected chi connectivity index (χ2v) is 5.91. The van der Waals surface area contributed by atoms with E-state index in [1.807, 2.05) is 50.8 Å². The first-order valence-corrected chi connectivity index (χ1v) is 8.95. The molecule has 0 saturated carbocycles. The van der Waals surface area contributed by atoms with Crippen LogP contribution in [0.2, 0.25) is 0 Å². The number of rotatable bonds is 6. The zero-order valence-corrected chi connectivity index (χ0v) is 15.9. The average Bonchev–Trinajstić information content (AvgIpc) is 2.64. The van der Waals surface area contributed by atoms with Crippen molar-refractivity contribution in [2.24, 2.45) is 0 Å². The maximum Gasteiger partial charge on any atom is 0.416 e. The number of hydrogen-bond donors (Lipinski definition) is 1. The summed E-state index contributed by atoms with van der Waals surface area (Å²) < 4.78 is 38.0. The number of hydrogen-bond acceptors (Lipinski definition) is 2. The number of halogens is 3. The fourth-order valence-corrected chi connectivity index (χ4v) is 2.63. The van der Waals surface area contributed by atoms with Crippen LogP contribution >= 0.6 is 0 Å². The molecular formula is C21H28F3NO. The molecule has 1 N–H and O–H groups in total. The quantitative estimate of drug-likeness (QED) is 0.646. The fourth-order valence-electron chi connectivity index (χ4n) is 2.63. The van der Waals surface area contributed by atoms with E-state index in [1.165, 1.54) is 12.1 Å². The first-order valence-electron chi connectivity index (χ1n) is 8.95. The first kappa shape index (κ1) is 22.2. The van der Waals surface area contributed by atoms with Crippen LogP contribution in [0.4, 0.5) is 13.2 Å². The molecule has 0 aromatic heterocycles. The SMILES string of the molecule is CC.CCCN(CO)Cc1cc(-c2ccc(C(F)(F)F)cc2)ccc1C. The van der Waals surface area contributed by atoms with E-state index in [1.54, 1.807) is 0 Å². The third kappa shape index (κ3) is 6.15. The minimum absolute atomic E-state index is 0.0161. The summed E-state index contributed by atoms with van der Waals surface area (Å²) in [6, 6.07) is 11.0. The standard InChI is InChI=1S/C19H22F3NO.C2H6/c1-3-10-23(13-24)12-17-11-16(5-4-14(17)2)15-6-8-18(9-7-15)19(20,21)22;1-2/h4-9,11,24H,3,10,12-13H2,1-2H3;1-2H3. The van der Waals surface area contributed by atoms with Gasteiger partial charge in [-0.1, -0.05) is 45.0 Å². The van der Waals surface area contributed by atoms with E-state index in [4.69, 9.17) is 0 Å². The summed E-state index contributed by atoms with van der Waals surface area (Å²) in [5, 5.41) is 9.42. The highest BCUT2D eigenvalue weighted by atomic mass is 19.4. The van der Waals surface area contributed by atoms with Gasteiger partial charge >= 0.3 is 6.18 Å². The Morgan fingerprint density at radius 3 is 2.04 bits per heavy atom. The Hall–Kier alpha value is -1.85. The molecule has 0 aliphatic rings. The topological polar surface area (TPSA) is 23.5 Å². The number of alkyl halides is 3. The van der Waals surface area contributed by atoms with Gasteiger partial charge in [-0.3, -0.25) is 4.90 Å². The van der Waals surface area contributed by atoms with Crippen molar-refractivity contribution in [1.29, 1.82) is 0 Å². The highest BCUT2D eigenvalue weighted by Gasteiger charge is 2.29. The van der Waals surface area contributed by atoms with Gasteiger partial charge in [-0.15, -0.1) is 0 Å². The van der Waals surface area contributed by atoms with Gasteiger partial charge in [-0.25, -0.2) is 0 Å². The van der Waals surface area contributed by atoms with Crippen molar-refractivity contribution < 1.29 is 18.3 Å². The van der Waals surface area contributed by atoms with Crippen LogP contribution < -0.4 is 0 Å². The van der Waals surface area contributed by atoms with E-state index in [-0.39, 0.29) is 6.73 Å². The molecule has 0 aliphatic heterocycles. The summed E-state index contributed by atoms with van der Waals surface area (Å²) in [7, 11) is 0. The minimum atomic E-state index is -4.32. The molecule has 0 heterocycles. The van der Waals surface area contributed by atoms with E-state index in [0.29, 0.717) is 6.54 Å². The van der Waals surface area contributed by atoms with E-state index in [0.717, 1.165) is 47.4 Å². The van der Waals surface area contributed by atoms with E-state index in [2.05, 4.69) is 0 Å². The highest BCUT2D eigenvalue weighted by Crippen LogP contribution is 2.31. The Balaban J connectivity index is 0.00000163. The predicted octanol–water partition coefficient (Wildman–Crippen LogP) is 5.87. The maximum absolute atomic E-state index is 12.7. The van der Waals surface area contributed by atoms with Gasteiger partial charge in [-0.2, -0.15) is 13.2 Å². The lowest BCUT2D eigenvalue weighted by atomic mass is 9.98. The molecule has 0 spiro atoms. The van der Waals surface area contributed by atoms with E-state index < -0.39 is 11.7 Å². The molecule has 0 fully saturated rings. The van der Waals surface area contributed by atoms with Crippen LogP contribution in [0.25, 0.3) is 11.1 Å². The zero-order chi connectivity index (χ0) is 19.7. The van der Waals surface area contributed by atoms with Gasteiger partial charge in [-0.05, 0) is 53.8 Å². The largest absolute Gasteiger partial charge is 0.416 e. The molecule has 2 aromatic carbocycles. The van der Waals surface area contributed by atoms with Crippen molar-refractivity contribution in [3.8, 4) is 11.1 Å². The molecular weight excluding hydrogens is 339 g/mol. The minimum Gasteiger partial charge on any atom is -0.381 e. The molecule has 0 saturated heterocycles. The summed E-state index contributed by atoms with van der Waals surface area (Å²) in [5.74, 6) is 0. The Labute approximate surface area is 154 Å².